The van der Waals surface area contributed by atoms with Gasteiger partial charge in [0.15, 0.2) is 11.5 Å². The summed E-state index contributed by atoms with van der Waals surface area (Å²) in [6.07, 6.45) is -0.368. The summed E-state index contributed by atoms with van der Waals surface area (Å²) in [5, 5.41) is 5.57. The van der Waals surface area contributed by atoms with E-state index < -0.39 is 18.0 Å². The first-order valence-electron chi connectivity index (χ1n) is 10.3. The molecule has 3 rings (SSSR count). The average Bonchev–Trinajstić information content (AvgIpc) is 2.82. The summed E-state index contributed by atoms with van der Waals surface area (Å²) in [4.78, 5) is 26.0. The highest BCUT2D eigenvalue weighted by Gasteiger charge is 2.37. The number of esters is 1. The van der Waals surface area contributed by atoms with Gasteiger partial charge in [0, 0.05) is 11.6 Å². The Morgan fingerprint density at radius 2 is 1.48 bits per heavy atom. The summed E-state index contributed by atoms with van der Waals surface area (Å²) >= 11 is 0. The lowest BCUT2D eigenvalue weighted by Crippen LogP contribution is -2.45. The fourth-order valence-electron chi connectivity index (χ4n) is 3.56. The number of rotatable bonds is 8. The third-order valence-electron chi connectivity index (χ3n) is 5.06. The number of nitrogens with one attached hydrogen (secondary N) is 2. The van der Waals surface area contributed by atoms with Gasteiger partial charge in [0.25, 0.3) is 0 Å². The number of benzene rings is 2. The number of ether oxygens (including phenoxy) is 5. The number of hydrogen-bond acceptors (Lipinski definition) is 7. The van der Waals surface area contributed by atoms with Crippen LogP contribution in [0.3, 0.4) is 0 Å². The highest BCUT2D eigenvalue weighted by atomic mass is 16.5. The van der Waals surface area contributed by atoms with Crippen molar-refractivity contribution < 1.29 is 33.3 Å². The predicted molar refractivity (Wildman–Crippen MR) is 122 cm³/mol. The monoisotopic (exact) mass is 456 g/mol. The van der Waals surface area contributed by atoms with Crippen LogP contribution in [-0.2, 0) is 9.53 Å². The molecule has 1 heterocycles. The average molecular weight is 456 g/mol. The zero-order chi connectivity index (χ0) is 24.1. The standard InChI is InChI=1S/C24H28N2O7/c1-13(2)33-23(27)20-21(14-7-9-15(29-3)10-8-14)25-24(28)26-22(20)16-11-18(31-5)19(32-6)12-17(16)30-4/h7-13,22H,1-6H3,(H2,25,26,28). The quantitative estimate of drug-likeness (QED) is 0.587. The van der Waals surface area contributed by atoms with Crippen LogP contribution in [0.2, 0.25) is 0 Å². The van der Waals surface area contributed by atoms with Gasteiger partial charge in [0.1, 0.15) is 11.5 Å². The lowest BCUT2D eigenvalue weighted by Gasteiger charge is -2.31. The van der Waals surface area contributed by atoms with E-state index in [-0.39, 0.29) is 11.7 Å². The molecule has 0 spiro atoms. The minimum absolute atomic E-state index is 0.221. The van der Waals surface area contributed by atoms with Gasteiger partial charge in [-0.1, -0.05) is 0 Å². The topological polar surface area (TPSA) is 104 Å². The number of carbonyl (C=O) groups excluding carboxylic acids is 2. The van der Waals surface area contributed by atoms with Crippen LogP contribution in [0.5, 0.6) is 23.0 Å². The molecule has 1 atom stereocenters. The summed E-state index contributed by atoms with van der Waals surface area (Å²) in [5.41, 5.74) is 1.67. The van der Waals surface area contributed by atoms with Gasteiger partial charge < -0.3 is 34.3 Å². The van der Waals surface area contributed by atoms with Crippen LogP contribution < -0.4 is 29.6 Å². The first-order valence-corrected chi connectivity index (χ1v) is 10.3. The number of amides is 2. The Morgan fingerprint density at radius 3 is 2.03 bits per heavy atom. The summed E-state index contributed by atoms with van der Waals surface area (Å²) < 4.78 is 27.1. The van der Waals surface area contributed by atoms with E-state index in [0.29, 0.717) is 39.8 Å². The molecule has 0 saturated heterocycles. The van der Waals surface area contributed by atoms with Gasteiger partial charge in [-0.25, -0.2) is 9.59 Å². The van der Waals surface area contributed by atoms with E-state index in [1.54, 1.807) is 57.4 Å². The van der Waals surface area contributed by atoms with E-state index >= 15 is 0 Å². The van der Waals surface area contributed by atoms with Crippen molar-refractivity contribution in [3.05, 3.63) is 53.1 Å². The molecule has 176 valence electrons. The molecular formula is C24H28N2O7. The van der Waals surface area contributed by atoms with Gasteiger partial charge in [0.05, 0.1) is 51.9 Å². The maximum Gasteiger partial charge on any atom is 0.338 e. The number of carbonyl (C=O) groups is 2. The van der Waals surface area contributed by atoms with Crippen LogP contribution in [0, 0.1) is 0 Å². The molecule has 0 saturated carbocycles. The summed E-state index contributed by atoms with van der Waals surface area (Å²) in [5.74, 6) is 1.34. The molecule has 33 heavy (non-hydrogen) atoms. The van der Waals surface area contributed by atoms with Crippen LogP contribution in [0.1, 0.15) is 31.0 Å². The van der Waals surface area contributed by atoms with Gasteiger partial charge >= 0.3 is 12.0 Å². The maximum atomic E-state index is 13.3. The second kappa shape index (κ2) is 10.2. The lowest BCUT2D eigenvalue weighted by molar-refractivity contribution is -0.143. The van der Waals surface area contributed by atoms with E-state index in [4.69, 9.17) is 23.7 Å². The molecule has 0 fully saturated rings. The van der Waals surface area contributed by atoms with Crippen LogP contribution in [-0.4, -0.2) is 46.5 Å². The Morgan fingerprint density at radius 1 is 0.879 bits per heavy atom. The van der Waals surface area contributed by atoms with Gasteiger partial charge in [-0.05, 0) is 49.7 Å². The molecule has 1 aliphatic rings. The number of hydrogen-bond donors (Lipinski definition) is 2. The zero-order valence-electron chi connectivity index (χ0n) is 19.5. The lowest BCUT2D eigenvalue weighted by atomic mass is 9.91. The molecule has 2 N–H and O–H groups in total. The van der Waals surface area contributed by atoms with Crippen molar-refractivity contribution in [2.45, 2.75) is 26.0 Å². The Hall–Kier alpha value is -3.88. The fraction of sp³-hybridized carbons (Fsp3) is 0.333. The second-order valence-corrected chi connectivity index (χ2v) is 7.45. The van der Waals surface area contributed by atoms with Crippen LogP contribution in [0.4, 0.5) is 4.79 Å². The predicted octanol–water partition coefficient (Wildman–Crippen LogP) is 3.44. The largest absolute Gasteiger partial charge is 0.497 e. The first-order chi connectivity index (χ1) is 15.8. The normalized spacial score (nSPS) is 15.5. The molecule has 0 aromatic heterocycles. The van der Waals surface area contributed by atoms with Crippen LogP contribution in [0.25, 0.3) is 5.70 Å². The molecule has 9 heteroatoms. The molecule has 1 aliphatic heterocycles. The number of methoxy groups -OCH3 is 4. The SMILES string of the molecule is COc1ccc(C2=C(C(=O)OC(C)C)C(c3cc(OC)c(OC)cc3OC)NC(=O)N2)cc1. The van der Waals surface area contributed by atoms with Crippen molar-refractivity contribution in [2.75, 3.05) is 28.4 Å². The van der Waals surface area contributed by atoms with Crippen molar-refractivity contribution in [1.29, 1.82) is 0 Å². The Kier molecular flexibility index (Phi) is 7.32. The van der Waals surface area contributed by atoms with Crippen LogP contribution >= 0.6 is 0 Å². The van der Waals surface area contributed by atoms with E-state index in [1.165, 1.54) is 21.3 Å². The van der Waals surface area contributed by atoms with Crippen molar-refractivity contribution in [3.63, 3.8) is 0 Å². The molecular weight excluding hydrogens is 428 g/mol. The minimum atomic E-state index is -0.878. The summed E-state index contributed by atoms with van der Waals surface area (Å²) in [6.45, 7) is 3.51. The van der Waals surface area contributed by atoms with Crippen molar-refractivity contribution in [2.24, 2.45) is 0 Å². The summed E-state index contributed by atoms with van der Waals surface area (Å²) in [7, 11) is 6.07. The highest BCUT2D eigenvalue weighted by Crippen LogP contribution is 2.42. The third-order valence-corrected chi connectivity index (χ3v) is 5.06. The van der Waals surface area contributed by atoms with E-state index in [9.17, 15) is 9.59 Å². The fourth-order valence-corrected chi connectivity index (χ4v) is 3.56. The third kappa shape index (κ3) is 4.97. The smallest absolute Gasteiger partial charge is 0.338 e. The zero-order valence-corrected chi connectivity index (χ0v) is 19.5. The first kappa shape index (κ1) is 23.8. The van der Waals surface area contributed by atoms with Crippen LogP contribution in [0.15, 0.2) is 42.0 Å². The van der Waals surface area contributed by atoms with E-state index in [1.807, 2.05) is 0 Å². The molecule has 2 amide bonds. The summed E-state index contributed by atoms with van der Waals surface area (Å²) in [6, 6.07) is 8.95. The Balaban J connectivity index is 2.26. The van der Waals surface area contributed by atoms with Gasteiger partial charge in [-0.2, -0.15) is 0 Å². The van der Waals surface area contributed by atoms with E-state index in [2.05, 4.69) is 10.6 Å². The minimum Gasteiger partial charge on any atom is -0.497 e. The molecule has 0 bridgehead atoms. The number of urea groups is 1. The van der Waals surface area contributed by atoms with Gasteiger partial charge in [-0.3, -0.25) is 0 Å². The Labute approximate surface area is 192 Å². The highest BCUT2D eigenvalue weighted by molar-refractivity contribution is 6.04. The molecule has 9 nitrogen and oxygen atoms in total. The van der Waals surface area contributed by atoms with E-state index in [0.717, 1.165) is 0 Å². The molecule has 2 aromatic rings. The maximum absolute atomic E-state index is 13.3. The van der Waals surface area contributed by atoms with Crippen molar-refractivity contribution >= 4 is 17.7 Å². The molecule has 0 radical (unpaired) electrons. The molecule has 1 unspecified atom stereocenters. The van der Waals surface area contributed by atoms with Gasteiger partial charge in [0.2, 0.25) is 0 Å². The van der Waals surface area contributed by atoms with Crippen molar-refractivity contribution in [1.82, 2.24) is 10.6 Å². The van der Waals surface area contributed by atoms with Crippen molar-refractivity contribution in [3.8, 4) is 23.0 Å². The van der Waals surface area contributed by atoms with Gasteiger partial charge in [-0.15, -0.1) is 0 Å². The molecule has 2 aromatic carbocycles. The molecule has 0 aliphatic carbocycles. The Bertz CT molecular complexity index is 1060. The second-order valence-electron chi connectivity index (χ2n) is 7.45.